The number of hydrogen-bond donors (Lipinski definition) is 2. The maximum absolute atomic E-state index is 11.9. The molecule has 0 bridgehead atoms. The van der Waals surface area contributed by atoms with Gasteiger partial charge >= 0.3 is 5.76 Å². The summed E-state index contributed by atoms with van der Waals surface area (Å²) in [5.74, 6) is 1.29. The Kier molecular flexibility index (Phi) is 3.99. The number of aromatic nitrogens is 3. The number of hydrogen-bond acceptors (Lipinski definition) is 5. The number of nitrogens with one attached hydrogen (secondary N) is 2. The lowest BCUT2D eigenvalue weighted by molar-refractivity contribution is 0.494. The normalized spacial score (nSPS) is 11.4. The van der Waals surface area contributed by atoms with E-state index in [1.54, 1.807) is 16.8 Å². The van der Waals surface area contributed by atoms with Crippen LogP contribution in [0.3, 0.4) is 0 Å². The van der Waals surface area contributed by atoms with Gasteiger partial charge < -0.3 is 14.2 Å². The van der Waals surface area contributed by atoms with Gasteiger partial charge in [-0.15, -0.1) is 0 Å². The van der Waals surface area contributed by atoms with Crippen molar-refractivity contribution in [3.05, 3.63) is 64.5 Å². The predicted molar refractivity (Wildman–Crippen MR) is 93.2 cm³/mol. The van der Waals surface area contributed by atoms with Gasteiger partial charge in [0.05, 0.1) is 11.7 Å². The Balaban J connectivity index is 1.41. The molecule has 0 aliphatic heterocycles. The van der Waals surface area contributed by atoms with E-state index in [0.717, 1.165) is 28.3 Å². The maximum atomic E-state index is 11.9. The minimum atomic E-state index is -0.335. The van der Waals surface area contributed by atoms with E-state index in [-0.39, 0.29) is 5.76 Å². The fraction of sp³-hybridized carbons (Fsp3) is 0.222. The molecule has 25 heavy (non-hydrogen) atoms. The highest BCUT2D eigenvalue weighted by atomic mass is 16.4. The summed E-state index contributed by atoms with van der Waals surface area (Å²) >= 11 is 0. The van der Waals surface area contributed by atoms with Gasteiger partial charge in [0.1, 0.15) is 11.5 Å². The molecule has 7 nitrogen and oxygen atoms in total. The molecule has 7 heteroatoms. The number of rotatable bonds is 6. The highest BCUT2D eigenvalue weighted by Crippen LogP contribution is 2.23. The Hall–Kier alpha value is -3.06. The molecule has 4 rings (SSSR count). The van der Waals surface area contributed by atoms with Gasteiger partial charge in [-0.1, -0.05) is 12.1 Å². The molecule has 0 amide bonds. The zero-order valence-corrected chi connectivity index (χ0v) is 13.8. The lowest BCUT2D eigenvalue weighted by Crippen LogP contribution is -2.24. The van der Waals surface area contributed by atoms with Crippen LogP contribution in [0.1, 0.15) is 11.3 Å². The third kappa shape index (κ3) is 3.01. The highest BCUT2D eigenvalue weighted by molar-refractivity contribution is 5.72. The Morgan fingerprint density at radius 1 is 1.20 bits per heavy atom. The molecular weight excluding hydrogens is 320 g/mol. The minimum absolute atomic E-state index is 0.335. The monoisotopic (exact) mass is 338 g/mol. The lowest BCUT2D eigenvalue weighted by Gasteiger charge is -2.05. The Bertz CT molecular complexity index is 1050. The second-order valence-electron chi connectivity index (χ2n) is 5.84. The number of benzene rings is 1. The zero-order chi connectivity index (χ0) is 17.2. The molecule has 0 unspecified atom stereocenters. The smallest absolute Gasteiger partial charge is 0.419 e. The average Bonchev–Trinajstić information content (AvgIpc) is 3.30. The highest BCUT2D eigenvalue weighted by Gasteiger charge is 2.11. The minimum Gasteiger partial charge on any atom is -0.460 e. The molecule has 4 aromatic rings. The fourth-order valence-electron chi connectivity index (χ4n) is 2.87. The van der Waals surface area contributed by atoms with Crippen LogP contribution in [0.5, 0.6) is 0 Å². The molecule has 0 radical (unpaired) electrons. The van der Waals surface area contributed by atoms with Crippen LogP contribution in [-0.4, -0.2) is 21.3 Å². The van der Waals surface area contributed by atoms with Crippen molar-refractivity contribution in [3.8, 4) is 11.5 Å². The van der Waals surface area contributed by atoms with Crippen molar-refractivity contribution in [1.29, 1.82) is 0 Å². The first-order chi connectivity index (χ1) is 12.2. The van der Waals surface area contributed by atoms with E-state index in [1.165, 1.54) is 0 Å². The Morgan fingerprint density at radius 2 is 2.08 bits per heavy atom. The number of para-hydroxylation sites is 2. The van der Waals surface area contributed by atoms with E-state index < -0.39 is 0 Å². The Morgan fingerprint density at radius 3 is 2.92 bits per heavy atom. The summed E-state index contributed by atoms with van der Waals surface area (Å²) in [6, 6.07) is 11.3. The average molecular weight is 338 g/mol. The van der Waals surface area contributed by atoms with Crippen molar-refractivity contribution in [2.45, 2.75) is 20.0 Å². The third-order valence-electron chi connectivity index (χ3n) is 4.11. The van der Waals surface area contributed by atoms with Crippen molar-refractivity contribution < 1.29 is 8.83 Å². The second-order valence-corrected chi connectivity index (χ2v) is 5.84. The summed E-state index contributed by atoms with van der Waals surface area (Å²) in [6.45, 7) is 3.69. The van der Waals surface area contributed by atoms with Crippen LogP contribution in [-0.2, 0) is 13.1 Å². The van der Waals surface area contributed by atoms with Crippen molar-refractivity contribution in [2.75, 3.05) is 6.54 Å². The first-order valence-electron chi connectivity index (χ1n) is 8.10. The van der Waals surface area contributed by atoms with Crippen molar-refractivity contribution in [1.82, 2.24) is 20.1 Å². The van der Waals surface area contributed by atoms with Gasteiger partial charge in [0.25, 0.3) is 0 Å². The van der Waals surface area contributed by atoms with Gasteiger partial charge in [0.15, 0.2) is 11.3 Å². The fourth-order valence-corrected chi connectivity index (χ4v) is 2.87. The molecule has 0 aliphatic carbocycles. The topological polar surface area (TPSA) is 89.0 Å². The number of H-pyrrole nitrogens is 1. The first kappa shape index (κ1) is 15.5. The summed E-state index contributed by atoms with van der Waals surface area (Å²) in [7, 11) is 0. The van der Waals surface area contributed by atoms with E-state index in [1.807, 2.05) is 37.3 Å². The van der Waals surface area contributed by atoms with Crippen molar-refractivity contribution in [3.63, 3.8) is 0 Å². The van der Waals surface area contributed by atoms with Gasteiger partial charge in [-0.2, -0.15) is 5.10 Å². The third-order valence-corrected chi connectivity index (χ3v) is 4.11. The molecule has 0 aliphatic rings. The van der Waals surface area contributed by atoms with E-state index in [2.05, 4.69) is 15.5 Å². The van der Waals surface area contributed by atoms with Crippen LogP contribution >= 0.6 is 0 Å². The van der Waals surface area contributed by atoms with E-state index in [0.29, 0.717) is 25.2 Å². The van der Waals surface area contributed by atoms with Crippen LogP contribution < -0.4 is 11.1 Å². The molecule has 0 saturated carbocycles. The molecule has 3 heterocycles. The van der Waals surface area contributed by atoms with Gasteiger partial charge in [-0.05, 0) is 31.2 Å². The molecule has 0 spiro atoms. The van der Waals surface area contributed by atoms with E-state index >= 15 is 0 Å². The molecule has 0 atom stereocenters. The van der Waals surface area contributed by atoms with Gasteiger partial charge in [0.2, 0.25) is 0 Å². The van der Waals surface area contributed by atoms with Crippen molar-refractivity contribution >= 4 is 11.1 Å². The quantitative estimate of drug-likeness (QED) is 0.528. The van der Waals surface area contributed by atoms with Crippen LogP contribution in [0.15, 0.2) is 56.2 Å². The van der Waals surface area contributed by atoms with Crippen LogP contribution in [0, 0.1) is 6.92 Å². The van der Waals surface area contributed by atoms with Crippen LogP contribution in [0.4, 0.5) is 0 Å². The van der Waals surface area contributed by atoms with Crippen LogP contribution in [0.25, 0.3) is 22.6 Å². The summed E-state index contributed by atoms with van der Waals surface area (Å²) < 4.78 is 12.5. The molecular formula is C18H18N4O3. The van der Waals surface area contributed by atoms with E-state index in [4.69, 9.17) is 8.83 Å². The lowest BCUT2D eigenvalue weighted by atomic mass is 10.2. The van der Waals surface area contributed by atoms with Gasteiger partial charge in [-0.3, -0.25) is 9.67 Å². The number of aryl methyl sites for hydroxylation is 1. The maximum Gasteiger partial charge on any atom is 0.419 e. The summed E-state index contributed by atoms with van der Waals surface area (Å²) in [5, 5.41) is 10.4. The molecule has 1 aromatic carbocycles. The summed E-state index contributed by atoms with van der Waals surface area (Å²) in [6.07, 6.45) is 1.78. The summed E-state index contributed by atoms with van der Waals surface area (Å²) in [5.41, 5.74) is 3.30. The van der Waals surface area contributed by atoms with Crippen LogP contribution in [0.2, 0.25) is 0 Å². The van der Waals surface area contributed by atoms with Gasteiger partial charge in [0, 0.05) is 25.2 Å². The van der Waals surface area contributed by atoms with Crippen molar-refractivity contribution in [2.24, 2.45) is 0 Å². The number of nitrogens with zero attached hydrogens (tertiary/aromatic N) is 2. The number of oxazole rings is 1. The Labute approximate surface area is 143 Å². The molecule has 0 saturated heterocycles. The first-order valence-corrected chi connectivity index (χ1v) is 8.10. The number of aromatic amines is 1. The van der Waals surface area contributed by atoms with E-state index in [9.17, 15) is 4.79 Å². The molecule has 3 aromatic heterocycles. The van der Waals surface area contributed by atoms with Gasteiger partial charge in [-0.25, -0.2) is 4.79 Å². The molecule has 2 N–H and O–H groups in total. The second kappa shape index (κ2) is 6.45. The summed E-state index contributed by atoms with van der Waals surface area (Å²) in [4.78, 5) is 11.9. The predicted octanol–water partition coefficient (Wildman–Crippen LogP) is 2.68. The zero-order valence-electron chi connectivity index (χ0n) is 13.8. The number of fused-ring (bicyclic) bond motifs is 1. The largest absolute Gasteiger partial charge is 0.460 e. The number of furan rings is 1. The SMILES string of the molecule is Cc1ccc(-c2[nH]ncc2CNCCn2c(=O)oc3ccccc32)o1. The molecule has 0 fully saturated rings. The standard InChI is InChI=1S/C18H18N4O3/c1-12-6-7-16(24-12)17-13(11-20-21-17)10-19-8-9-22-14-4-2-3-5-15(14)25-18(22)23/h2-7,11,19H,8-10H2,1H3,(H,20,21). The molecule has 128 valence electrons.